The van der Waals surface area contributed by atoms with Crippen molar-refractivity contribution in [2.75, 3.05) is 5.32 Å². The maximum absolute atomic E-state index is 13.2. The summed E-state index contributed by atoms with van der Waals surface area (Å²) in [6, 6.07) is 15.2. The molecule has 1 saturated carbocycles. The van der Waals surface area contributed by atoms with Gasteiger partial charge in [-0.2, -0.15) is 0 Å². The van der Waals surface area contributed by atoms with Crippen LogP contribution in [0.3, 0.4) is 0 Å². The minimum atomic E-state index is -0.178. The van der Waals surface area contributed by atoms with Gasteiger partial charge < -0.3 is 5.32 Å². The van der Waals surface area contributed by atoms with Crippen molar-refractivity contribution in [2.45, 2.75) is 42.4 Å². The first-order valence-electron chi connectivity index (χ1n) is 7.55. The average molecular weight is 301 g/mol. The van der Waals surface area contributed by atoms with Crippen LogP contribution in [0.15, 0.2) is 53.4 Å². The van der Waals surface area contributed by atoms with E-state index in [1.165, 1.54) is 36.6 Å². The zero-order chi connectivity index (χ0) is 14.5. The molecule has 110 valence electrons. The highest BCUT2D eigenvalue weighted by atomic mass is 32.2. The summed E-state index contributed by atoms with van der Waals surface area (Å²) < 4.78 is 13.2. The van der Waals surface area contributed by atoms with Crippen LogP contribution >= 0.6 is 11.8 Å². The van der Waals surface area contributed by atoms with Crippen LogP contribution < -0.4 is 5.32 Å². The van der Waals surface area contributed by atoms with E-state index in [0.717, 1.165) is 16.5 Å². The van der Waals surface area contributed by atoms with Crippen molar-refractivity contribution in [3.63, 3.8) is 0 Å². The molecule has 0 saturated heterocycles. The number of thioether (sulfide) groups is 1. The second-order valence-corrected chi connectivity index (χ2v) is 6.85. The second kappa shape index (κ2) is 6.99. The fourth-order valence-electron chi connectivity index (χ4n) is 2.75. The van der Waals surface area contributed by atoms with Gasteiger partial charge in [-0.05, 0) is 42.7 Å². The number of hydrogen-bond acceptors (Lipinski definition) is 2. The minimum absolute atomic E-state index is 0.178. The Kier molecular flexibility index (Phi) is 4.81. The van der Waals surface area contributed by atoms with Crippen molar-refractivity contribution in [2.24, 2.45) is 0 Å². The van der Waals surface area contributed by atoms with Crippen molar-refractivity contribution in [3.05, 3.63) is 59.9 Å². The van der Waals surface area contributed by atoms with Crippen LogP contribution in [-0.2, 0) is 6.54 Å². The lowest BCUT2D eigenvalue weighted by Crippen LogP contribution is -2.02. The zero-order valence-corrected chi connectivity index (χ0v) is 12.8. The molecule has 0 radical (unpaired) electrons. The van der Waals surface area contributed by atoms with Gasteiger partial charge in [-0.25, -0.2) is 4.39 Å². The molecule has 1 N–H and O–H groups in total. The molecule has 1 aliphatic rings. The first-order valence-corrected chi connectivity index (χ1v) is 8.43. The number of rotatable bonds is 5. The maximum Gasteiger partial charge on any atom is 0.123 e. The lowest BCUT2D eigenvalue weighted by atomic mass is 10.2. The Morgan fingerprint density at radius 1 is 1.05 bits per heavy atom. The number of halogens is 1. The van der Waals surface area contributed by atoms with Gasteiger partial charge >= 0.3 is 0 Å². The van der Waals surface area contributed by atoms with E-state index in [1.807, 2.05) is 23.9 Å². The fraction of sp³-hybridized carbons (Fsp3) is 0.333. The maximum atomic E-state index is 13.2. The summed E-state index contributed by atoms with van der Waals surface area (Å²) in [5.74, 6) is -0.178. The predicted molar refractivity (Wildman–Crippen MR) is 88.3 cm³/mol. The molecule has 0 aliphatic heterocycles. The molecule has 1 aliphatic carbocycles. The smallest absolute Gasteiger partial charge is 0.123 e. The Morgan fingerprint density at radius 3 is 2.67 bits per heavy atom. The fourth-order valence-corrected chi connectivity index (χ4v) is 4.10. The Labute approximate surface area is 130 Å². The van der Waals surface area contributed by atoms with Gasteiger partial charge in [0.25, 0.3) is 0 Å². The summed E-state index contributed by atoms with van der Waals surface area (Å²) in [6.45, 7) is 0.653. The van der Waals surface area contributed by atoms with Gasteiger partial charge in [0.2, 0.25) is 0 Å². The van der Waals surface area contributed by atoms with E-state index in [2.05, 4.69) is 23.5 Å². The molecule has 0 spiro atoms. The van der Waals surface area contributed by atoms with Crippen LogP contribution in [-0.4, -0.2) is 5.25 Å². The van der Waals surface area contributed by atoms with Gasteiger partial charge in [-0.1, -0.05) is 37.1 Å². The molecule has 0 unspecified atom stereocenters. The van der Waals surface area contributed by atoms with E-state index in [1.54, 1.807) is 12.1 Å². The molecule has 2 aromatic carbocycles. The van der Waals surface area contributed by atoms with Crippen LogP contribution in [0.25, 0.3) is 0 Å². The van der Waals surface area contributed by atoms with Gasteiger partial charge in [-0.3, -0.25) is 0 Å². The Morgan fingerprint density at radius 2 is 1.86 bits per heavy atom. The van der Waals surface area contributed by atoms with E-state index in [0.29, 0.717) is 6.54 Å². The van der Waals surface area contributed by atoms with Crippen LogP contribution in [0.5, 0.6) is 0 Å². The largest absolute Gasteiger partial charge is 0.380 e. The van der Waals surface area contributed by atoms with Crippen molar-refractivity contribution in [1.82, 2.24) is 0 Å². The summed E-state index contributed by atoms with van der Waals surface area (Å²) >= 11 is 1.98. The number of nitrogens with one attached hydrogen (secondary N) is 1. The Balaban J connectivity index is 1.67. The highest BCUT2D eigenvalue weighted by Gasteiger charge is 2.17. The minimum Gasteiger partial charge on any atom is -0.380 e. The number of para-hydroxylation sites is 1. The average Bonchev–Trinajstić information content (AvgIpc) is 2.99. The summed E-state index contributed by atoms with van der Waals surface area (Å²) in [5, 5.41) is 4.20. The Hall–Kier alpha value is -1.48. The normalized spacial score (nSPS) is 15.3. The van der Waals surface area contributed by atoms with E-state index in [-0.39, 0.29) is 5.82 Å². The van der Waals surface area contributed by atoms with Gasteiger partial charge in [-0.15, -0.1) is 11.8 Å². The number of anilines is 1. The summed E-state index contributed by atoms with van der Waals surface area (Å²) in [7, 11) is 0. The molecule has 0 bridgehead atoms. The molecular formula is C18H20FNS. The zero-order valence-electron chi connectivity index (χ0n) is 12.0. The van der Waals surface area contributed by atoms with Gasteiger partial charge in [0, 0.05) is 22.4 Å². The monoisotopic (exact) mass is 301 g/mol. The van der Waals surface area contributed by atoms with Crippen molar-refractivity contribution in [3.8, 4) is 0 Å². The standard InChI is InChI=1S/C18H20FNS/c19-15-7-5-6-14(12-15)13-20-17-10-3-4-11-18(17)21-16-8-1-2-9-16/h3-7,10-12,16,20H,1-2,8-9,13H2. The van der Waals surface area contributed by atoms with E-state index < -0.39 is 0 Å². The van der Waals surface area contributed by atoms with Crippen LogP contribution in [0.4, 0.5) is 10.1 Å². The summed E-state index contributed by atoms with van der Waals surface area (Å²) in [5.41, 5.74) is 2.12. The van der Waals surface area contributed by atoms with Crippen molar-refractivity contribution in [1.29, 1.82) is 0 Å². The van der Waals surface area contributed by atoms with E-state index >= 15 is 0 Å². The van der Waals surface area contributed by atoms with Gasteiger partial charge in [0.1, 0.15) is 5.82 Å². The predicted octanol–water partition coefficient (Wildman–Crippen LogP) is 5.47. The lowest BCUT2D eigenvalue weighted by molar-refractivity contribution is 0.626. The second-order valence-electron chi connectivity index (χ2n) is 5.50. The third-order valence-electron chi connectivity index (χ3n) is 3.85. The molecule has 2 aromatic rings. The van der Waals surface area contributed by atoms with Gasteiger partial charge in [0.05, 0.1) is 0 Å². The first-order chi connectivity index (χ1) is 10.3. The van der Waals surface area contributed by atoms with Crippen LogP contribution in [0.1, 0.15) is 31.2 Å². The van der Waals surface area contributed by atoms with E-state index in [9.17, 15) is 4.39 Å². The lowest BCUT2D eigenvalue weighted by Gasteiger charge is -2.15. The number of hydrogen-bond donors (Lipinski definition) is 1. The summed E-state index contributed by atoms with van der Waals surface area (Å²) in [4.78, 5) is 1.31. The topological polar surface area (TPSA) is 12.0 Å². The van der Waals surface area contributed by atoms with E-state index in [4.69, 9.17) is 0 Å². The molecule has 1 fully saturated rings. The third kappa shape index (κ3) is 4.01. The highest BCUT2D eigenvalue weighted by molar-refractivity contribution is 8.00. The first kappa shape index (κ1) is 14.5. The summed E-state index contributed by atoms with van der Waals surface area (Å²) in [6.07, 6.45) is 5.36. The molecule has 0 heterocycles. The molecule has 0 amide bonds. The SMILES string of the molecule is Fc1cccc(CNc2ccccc2SC2CCCC2)c1. The molecular weight excluding hydrogens is 281 g/mol. The number of benzene rings is 2. The van der Waals surface area contributed by atoms with Gasteiger partial charge in [0.15, 0.2) is 0 Å². The quantitative estimate of drug-likeness (QED) is 0.785. The molecule has 0 aromatic heterocycles. The molecule has 3 rings (SSSR count). The molecule has 0 atom stereocenters. The van der Waals surface area contributed by atoms with Crippen molar-refractivity contribution < 1.29 is 4.39 Å². The molecule has 1 nitrogen and oxygen atoms in total. The molecule has 3 heteroatoms. The highest BCUT2D eigenvalue weighted by Crippen LogP contribution is 2.38. The van der Waals surface area contributed by atoms with Crippen LogP contribution in [0.2, 0.25) is 0 Å². The third-order valence-corrected chi connectivity index (χ3v) is 5.27. The molecule has 21 heavy (non-hydrogen) atoms. The van der Waals surface area contributed by atoms with Crippen LogP contribution in [0, 0.1) is 5.82 Å². The van der Waals surface area contributed by atoms with Crippen molar-refractivity contribution >= 4 is 17.4 Å². The Bertz CT molecular complexity index is 593.